The third-order valence-corrected chi connectivity index (χ3v) is 2.77. The fourth-order valence-corrected chi connectivity index (χ4v) is 1.88. The van der Waals surface area contributed by atoms with Crippen LogP contribution < -0.4 is 0 Å². The Morgan fingerprint density at radius 2 is 2.20 bits per heavy atom. The minimum Gasteiger partial charge on any atom is -0.396 e. The predicted molar refractivity (Wildman–Crippen MR) is 61.6 cm³/mol. The Hall–Kier alpha value is -0.890. The molecule has 0 atom stereocenters. The van der Waals surface area contributed by atoms with Crippen molar-refractivity contribution in [2.75, 3.05) is 6.61 Å². The molecule has 84 valence electrons. The van der Waals surface area contributed by atoms with E-state index in [1.54, 1.807) is 0 Å². The molecule has 0 unspecified atom stereocenters. The van der Waals surface area contributed by atoms with E-state index in [-0.39, 0.29) is 6.61 Å². The summed E-state index contributed by atoms with van der Waals surface area (Å²) < 4.78 is 0. The quantitative estimate of drug-likeness (QED) is 0.538. The summed E-state index contributed by atoms with van der Waals surface area (Å²) in [6, 6.07) is 0. The van der Waals surface area contributed by atoms with E-state index in [2.05, 4.69) is 6.08 Å². The third-order valence-electron chi connectivity index (χ3n) is 2.77. The Morgan fingerprint density at radius 1 is 1.33 bits per heavy atom. The minimum absolute atomic E-state index is 0.288. The number of hydrogen-bond acceptors (Lipinski definition) is 2. The Kier molecular flexibility index (Phi) is 6.02. The summed E-state index contributed by atoms with van der Waals surface area (Å²) in [6.07, 6.45) is 12.5. The number of hydrogen-bond donors (Lipinski definition) is 1. The number of aliphatic hydroxyl groups excluding tert-OH is 1. The molecule has 0 fully saturated rings. The van der Waals surface area contributed by atoms with Crippen molar-refractivity contribution in [3.63, 3.8) is 0 Å². The van der Waals surface area contributed by atoms with E-state index in [0.717, 1.165) is 50.4 Å². The lowest BCUT2D eigenvalue weighted by Crippen LogP contribution is -1.98. The van der Waals surface area contributed by atoms with Crippen LogP contribution in [0.2, 0.25) is 0 Å². The molecule has 1 aliphatic carbocycles. The summed E-state index contributed by atoms with van der Waals surface area (Å²) in [7, 11) is 0. The zero-order chi connectivity index (χ0) is 10.9. The maximum absolute atomic E-state index is 10.8. The molecule has 0 saturated carbocycles. The summed E-state index contributed by atoms with van der Waals surface area (Å²) >= 11 is 0. The van der Waals surface area contributed by atoms with Gasteiger partial charge in [0.25, 0.3) is 0 Å². The first kappa shape index (κ1) is 12.2. The molecular weight excluding hydrogens is 188 g/mol. The van der Waals surface area contributed by atoms with E-state index in [1.165, 1.54) is 12.0 Å². The Balaban J connectivity index is 2.33. The van der Waals surface area contributed by atoms with Gasteiger partial charge in [0.2, 0.25) is 0 Å². The van der Waals surface area contributed by atoms with Crippen molar-refractivity contribution in [3.05, 3.63) is 23.3 Å². The van der Waals surface area contributed by atoms with Crippen molar-refractivity contribution in [1.29, 1.82) is 0 Å². The largest absolute Gasteiger partial charge is 0.396 e. The van der Waals surface area contributed by atoms with Crippen LogP contribution in [0.15, 0.2) is 23.3 Å². The lowest BCUT2D eigenvalue weighted by Gasteiger charge is -2.12. The molecule has 0 radical (unpaired) electrons. The molecule has 0 aromatic heterocycles. The van der Waals surface area contributed by atoms with Crippen LogP contribution in [0.25, 0.3) is 0 Å². The molecule has 1 N–H and O–H groups in total. The van der Waals surface area contributed by atoms with Gasteiger partial charge in [0.15, 0.2) is 0 Å². The van der Waals surface area contributed by atoms with E-state index in [4.69, 9.17) is 5.11 Å². The maximum Gasteiger partial charge on any atom is 0.149 e. The first-order valence-corrected chi connectivity index (χ1v) is 5.84. The van der Waals surface area contributed by atoms with Crippen molar-refractivity contribution in [2.24, 2.45) is 0 Å². The van der Waals surface area contributed by atoms with Gasteiger partial charge >= 0.3 is 0 Å². The highest BCUT2D eigenvalue weighted by Crippen LogP contribution is 2.23. The number of rotatable bonds is 6. The summed E-state index contributed by atoms with van der Waals surface area (Å²) in [4.78, 5) is 10.8. The van der Waals surface area contributed by atoms with Crippen LogP contribution in [0.4, 0.5) is 0 Å². The van der Waals surface area contributed by atoms with Gasteiger partial charge in [0, 0.05) is 12.2 Å². The van der Waals surface area contributed by atoms with Crippen molar-refractivity contribution < 1.29 is 9.90 Å². The standard InChI is InChI=1S/C13H20O2/c14-10-6-2-1-3-7-12-8-4-5-9-13(12)11-15/h7,9,11,14H,1-6,8,10H2/b12-7+. The second kappa shape index (κ2) is 7.41. The second-order valence-corrected chi connectivity index (χ2v) is 3.97. The third kappa shape index (κ3) is 4.43. The van der Waals surface area contributed by atoms with E-state index in [9.17, 15) is 4.79 Å². The SMILES string of the molecule is O=CC1=CCCC/C1=C\CCCCCO. The predicted octanol–water partition coefficient (Wildman–Crippen LogP) is 2.77. The normalized spacial score (nSPS) is 19.0. The Morgan fingerprint density at radius 3 is 2.93 bits per heavy atom. The van der Waals surface area contributed by atoms with E-state index >= 15 is 0 Å². The van der Waals surface area contributed by atoms with E-state index in [1.807, 2.05) is 6.08 Å². The molecule has 1 rings (SSSR count). The Labute approximate surface area is 91.7 Å². The van der Waals surface area contributed by atoms with Crippen molar-refractivity contribution >= 4 is 6.29 Å². The first-order chi connectivity index (χ1) is 7.38. The molecule has 2 heteroatoms. The molecular formula is C13H20O2. The van der Waals surface area contributed by atoms with Crippen LogP contribution in [-0.2, 0) is 4.79 Å². The van der Waals surface area contributed by atoms with Gasteiger partial charge in [-0.3, -0.25) is 4.79 Å². The average molecular weight is 208 g/mol. The van der Waals surface area contributed by atoms with Gasteiger partial charge in [-0.2, -0.15) is 0 Å². The fourth-order valence-electron chi connectivity index (χ4n) is 1.88. The number of aldehydes is 1. The molecule has 1 aliphatic rings. The van der Waals surface area contributed by atoms with E-state index < -0.39 is 0 Å². The van der Waals surface area contributed by atoms with Gasteiger partial charge in [-0.25, -0.2) is 0 Å². The van der Waals surface area contributed by atoms with Gasteiger partial charge in [-0.05, 0) is 44.1 Å². The lowest BCUT2D eigenvalue weighted by atomic mass is 9.93. The van der Waals surface area contributed by atoms with Crippen LogP contribution in [0, 0.1) is 0 Å². The molecule has 0 aromatic carbocycles. The highest BCUT2D eigenvalue weighted by atomic mass is 16.2. The average Bonchev–Trinajstić information content (AvgIpc) is 2.29. The number of carbonyl (C=O) groups is 1. The molecule has 2 nitrogen and oxygen atoms in total. The van der Waals surface area contributed by atoms with Crippen LogP contribution in [0.1, 0.15) is 44.9 Å². The molecule has 0 bridgehead atoms. The lowest BCUT2D eigenvalue weighted by molar-refractivity contribution is -0.104. The van der Waals surface area contributed by atoms with Crippen molar-refractivity contribution in [2.45, 2.75) is 44.9 Å². The zero-order valence-corrected chi connectivity index (χ0v) is 9.24. The maximum atomic E-state index is 10.8. The topological polar surface area (TPSA) is 37.3 Å². The van der Waals surface area contributed by atoms with Gasteiger partial charge in [-0.15, -0.1) is 0 Å². The monoisotopic (exact) mass is 208 g/mol. The van der Waals surface area contributed by atoms with Gasteiger partial charge in [-0.1, -0.05) is 18.6 Å². The number of allylic oxidation sites excluding steroid dienone is 4. The number of carbonyl (C=O) groups excluding carboxylic acids is 1. The van der Waals surface area contributed by atoms with Crippen LogP contribution in [0.5, 0.6) is 0 Å². The van der Waals surface area contributed by atoms with Crippen LogP contribution in [-0.4, -0.2) is 18.0 Å². The molecule has 0 spiro atoms. The summed E-state index contributed by atoms with van der Waals surface area (Å²) in [6.45, 7) is 0.288. The zero-order valence-electron chi connectivity index (χ0n) is 9.24. The second-order valence-electron chi connectivity index (χ2n) is 3.97. The van der Waals surface area contributed by atoms with Gasteiger partial charge < -0.3 is 5.11 Å². The fraction of sp³-hybridized carbons (Fsp3) is 0.615. The number of aliphatic hydroxyl groups is 1. The van der Waals surface area contributed by atoms with Crippen LogP contribution in [0.3, 0.4) is 0 Å². The van der Waals surface area contributed by atoms with Crippen LogP contribution >= 0.6 is 0 Å². The highest BCUT2D eigenvalue weighted by Gasteiger charge is 2.07. The minimum atomic E-state index is 0.288. The van der Waals surface area contributed by atoms with E-state index in [0.29, 0.717) is 0 Å². The van der Waals surface area contributed by atoms with Crippen molar-refractivity contribution in [3.8, 4) is 0 Å². The molecule has 0 heterocycles. The molecule has 0 saturated heterocycles. The summed E-state index contributed by atoms with van der Waals surface area (Å²) in [5, 5.41) is 8.62. The summed E-state index contributed by atoms with van der Waals surface area (Å²) in [5.74, 6) is 0. The number of unbranched alkanes of at least 4 members (excludes halogenated alkanes) is 3. The Bertz CT molecular complexity index is 251. The van der Waals surface area contributed by atoms with Gasteiger partial charge in [0.05, 0.1) is 0 Å². The molecule has 15 heavy (non-hydrogen) atoms. The highest BCUT2D eigenvalue weighted by molar-refractivity contribution is 5.80. The molecule has 0 aromatic rings. The first-order valence-electron chi connectivity index (χ1n) is 5.84. The smallest absolute Gasteiger partial charge is 0.149 e. The molecule has 0 aliphatic heterocycles. The molecule has 0 amide bonds. The van der Waals surface area contributed by atoms with Crippen molar-refractivity contribution in [1.82, 2.24) is 0 Å². The van der Waals surface area contributed by atoms with Gasteiger partial charge in [0.1, 0.15) is 6.29 Å². The summed E-state index contributed by atoms with van der Waals surface area (Å²) in [5.41, 5.74) is 2.11.